The van der Waals surface area contributed by atoms with Gasteiger partial charge in [-0.15, -0.1) is 0 Å². The first-order valence-electron chi connectivity index (χ1n) is 1.83. The molecule has 0 aliphatic carbocycles. The molecule has 0 amide bonds. The number of nitrogens with zero attached hydrogens (tertiary/aromatic N) is 1. The quantitative estimate of drug-likeness (QED) is 0.461. The molecule has 0 aromatic carbocycles. The van der Waals surface area contributed by atoms with Gasteiger partial charge in [0.2, 0.25) is 0 Å². The molecule has 1 radical (unpaired) electrons. The topological polar surface area (TPSA) is 35.8 Å². The Morgan fingerprint density at radius 2 is 2.86 bits per heavy atom. The van der Waals surface area contributed by atoms with E-state index in [4.69, 9.17) is 5.26 Å². The van der Waals surface area contributed by atoms with Crippen molar-refractivity contribution in [2.75, 3.05) is 0 Å². The molecule has 3 heteroatoms. The molecule has 0 spiro atoms. The summed E-state index contributed by atoms with van der Waals surface area (Å²) in [6.07, 6.45) is 1.70. The van der Waals surface area contributed by atoms with Crippen LogP contribution in [-0.4, -0.2) is 6.04 Å². The normalized spacial score (nSPS) is 27.6. The van der Waals surface area contributed by atoms with Crippen LogP contribution in [0.3, 0.4) is 0 Å². The molecule has 0 aromatic heterocycles. The third-order valence-electron chi connectivity index (χ3n) is 0.619. The van der Waals surface area contributed by atoms with Gasteiger partial charge in [-0.2, -0.15) is 5.26 Å². The van der Waals surface area contributed by atoms with Crippen LogP contribution < -0.4 is 4.72 Å². The van der Waals surface area contributed by atoms with Gasteiger partial charge in [0.1, 0.15) is 6.04 Å². The number of hydrogen-bond acceptors (Lipinski definition) is 3. The highest BCUT2D eigenvalue weighted by atomic mass is 32.2. The van der Waals surface area contributed by atoms with Crippen molar-refractivity contribution in [3.05, 3.63) is 11.5 Å². The van der Waals surface area contributed by atoms with Gasteiger partial charge >= 0.3 is 0 Å². The second kappa shape index (κ2) is 2.01. The minimum Gasteiger partial charge on any atom is -0.240 e. The van der Waals surface area contributed by atoms with Crippen molar-refractivity contribution in [1.82, 2.24) is 4.72 Å². The molecule has 0 saturated heterocycles. The molecule has 0 fully saturated rings. The van der Waals surface area contributed by atoms with E-state index < -0.39 is 0 Å². The van der Waals surface area contributed by atoms with Gasteiger partial charge in [-0.25, -0.2) is 4.72 Å². The largest absolute Gasteiger partial charge is 0.240 e. The molecular weight excluding hydrogens is 108 g/mol. The van der Waals surface area contributed by atoms with E-state index >= 15 is 0 Å². The van der Waals surface area contributed by atoms with Crippen molar-refractivity contribution in [2.24, 2.45) is 0 Å². The Hall–Kier alpha value is -0.460. The molecule has 1 aliphatic heterocycles. The molecule has 35 valence electrons. The summed E-state index contributed by atoms with van der Waals surface area (Å²) in [7, 11) is 0. The van der Waals surface area contributed by atoms with Crippen molar-refractivity contribution >= 4 is 11.9 Å². The summed E-state index contributed by atoms with van der Waals surface area (Å²) in [5.74, 6) is 0. The van der Waals surface area contributed by atoms with E-state index in [0.29, 0.717) is 0 Å². The van der Waals surface area contributed by atoms with Gasteiger partial charge < -0.3 is 0 Å². The highest BCUT2D eigenvalue weighted by Gasteiger charge is 2.04. The average Bonchev–Trinajstić information content (AvgIpc) is 2.14. The smallest absolute Gasteiger partial charge is 0.124 e. The third kappa shape index (κ3) is 0.952. The second-order valence-corrected chi connectivity index (χ2v) is 1.79. The van der Waals surface area contributed by atoms with Gasteiger partial charge in [0.05, 0.1) is 6.07 Å². The number of nitrogens with one attached hydrogen (secondary N) is 1. The fourth-order valence-corrected chi connectivity index (χ4v) is 0.817. The molecule has 1 aliphatic rings. The van der Waals surface area contributed by atoms with Crippen molar-refractivity contribution in [3.8, 4) is 6.07 Å². The van der Waals surface area contributed by atoms with E-state index in [1.807, 2.05) is 6.07 Å². The molecule has 1 rings (SSSR count). The van der Waals surface area contributed by atoms with Gasteiger partial charge in [0, 0.05) is 5.41 Å². The molecule has 2 nitrogen and oxygen atoms in total. The van der Waals surface area contributed by atoms with Crippen molar-refractivity contribution < 1.29 is 0 Å². The Morgan fingerprint density at radius 3 is 3.14 bits per heavy atom. The number of hydrogen-bond donors (Lipinski definition) is 1. The molecule has 7 heavy (non-hydrogen) atoms. The lowest BCUT2D eigenvalue weighted by Crippen LogP contribution is -2.11. The van der Waals surface area contributed by atoms with Crippen LogP contribution in [0.2, 0.25) is 0 Å². The zero-order valence-corrected chi connectivity index (χ0v) is 4.33. The predicted octanol–water partition coefficient (Wildman–Crippen LogP) is 0.447. The summed E-state index contributed by atoms with van der Waals surface area (Å²) in [6, 6.07) is 1.89. The van der Waals surface area contributed by atoms with E-state index in [1.54, 1.807) is 6.08 Å². The van der Waals surface area contributed by atoms with E-state index in [0.717, 1.165) is 0 Å². The van der Waals surface area contributed by atoms with Crippen molar-refractivity contribution in [3.63, 3.8) is 0 Å². The van der Waals surface area contributed by atoms with Gasteiger partial charge in [0.25, 0.3) is 0 Å². The Morgan fingerprint density at radius 1 is 2.00 bits per heavy atom. The number of rotatable bonds is 0. The first kappa shape index (κ1) is 4.69. The van der Waals surface area contributed by atoms with Gasteiger partial charge in [0.15, 0.2) is 0 Å². The standard InChI is InChI=1S/C4H3N2S/c5-3-4-1-2-7-6-4/h1,4,6H. The predicted molar refractivity (Wildman–Crippen MR) is 27.9 cm³/mol. The molecule has 0 aromatic rings. The van der Waals surface area contributed by atoms with E-state index in [9.17, 15) is 0 Å². The second-order valence-electron chi connectivity index (χ2n) is 1.11. The summed E-state index contributed by atoms with van der Waals surface area (Å²) >= 11 is 1.33. The minimum atomic E-state index is -0.120. The summed E-state index contributed by atoms with van der Waals surface area (Å²) < 4.78 is 2.80. The SMILES string of the molecule is N#CC1C=[C]SN1. The maximum Gasteiger partial charge on any atom is 0.124 e. The average molecular weight is 111 g/mol. The monoisotopic (exact) mass is 111 g/mol. The highest BCUT2D eigenvalue weighted by molar-refractivity contribution is 7.99. The highest BCUT2D eigenvalue weighted by Crippen LogP contribution is 2.05. The fourth-order valence-electron chi connectivity index (χ4n) is 0.297. The fraction of sp³-hybridized carbons (Fsp3) is 0.250. The summed E-state index contributed by atoms with van der Waals surface area (Å²) in [5, 5.41) is 11.0. The van der Waals surface area contributed by atoms with Crippen LogP contribution in [0.25, 0.3) is 0 Å². The van der Waals surface area contributed by atoms with Crippen molar-refractivity contribution in [1.29, 1.82) is 5.26 Å². The Labute approximate surface area is 46.3 Å². The zero-order valence-electron chi connectivity index (χ0n) is 3.51. The van der Waals surface area contributed by atoms with Crippen LogP contribution in [0.5, 0.6) is 0 Å². The zero-order chi connectivity index (χ0) is 5.11. The summed E-state index contributed by atoms with van der Waals surface area (Å²) in [4.78, 5) is 0. The lowest BCUT2D eigenvalue weighted by Gasteiger charge is -1.89. The van der Waals surface area contributed by atoms with Gasteiger partial charge in [-0.1, -0.05) is 0 Å². The van der Waals surface area contributed by atoms with Crippen LogP contribution >= 0.6 is 11.9 Å². The van der Waals surface area contributed by atoms with E-state index in [2.05, 4.69) is 10.1 Å². The molecule has 0 saturated carbocycles. The molecule has 0 bridgehead atoms. The minimum absolute atomic E-state index is 0.120. The summed E-state index contributed by atoms with van der Waals surface area (Å²) in [5.41, 5.74) is 0. The Bertz CT molecular complexity index is 124. The third-order valence-corrected chi connectivity index (χ3v) is 1.24. The first-order valence-corrected chi connectivity index (χ1v) is 2.65. The van der Waals surface area contributed by atoms with Crippen LogP contribution in [0.15, 0.2) is 6.08 Å². The lowest BCUT2D eigenvalue weighted by atomic mass is 10.4. The number of nitriles is 1. The molecule has 1 unspecified atom stereocenters. The van der Waals surface area contributed by atoms with Crippen LogP contribution in [0.4, 0.5) is 0 Å². The van der Waals surface area contributed by atoms with Crippen molar-refractivity contribution in [2.45, 2.75) is 6.04 Å². The molecule has 1 N–H and O–H groups in total. The van der Waals surface area contributed by atoms with E-state index in [-0.39, 0.29) is 6.04 Å². The van der Waals surface area contributed by atoms with Gasteiger partial charge in [-0.05, 0) is 18.0 Å². The lowest BCUT2D eigenvalue weighted by molar-refractivity contribution is 0.972. The van der Waals surface area contributed by atoms with Gasteiger partial charge in [-0.3, -0.25) is 0 Å². The van der Waals surface area contributed by atoms with E-state index in [1.165, 1.54) is 11.9 Å². The van der Waals surface area contributed by atoms with Crippen LogP contribution in [-0.2, 0) is 0 Å². The summed E-state index contributed by atoms with van der Waals surface area (Å²) in [6.45, 7) is 0. The Kier molecular flexibility index (Phi) is 1.35. The molecular formula is C4H3N2S. The Balaban J connectivity index is 2.47. The maximum atomic E-state index is 8.17. The maximum absolute atomic E-state index is 8.17. The van der Waals surface area contributed by atoms with Crippen LogP contribution in [0.1, 0.15) is 0 Å². The van der Waals surface area contributed by atoms with Crippen LogP contribution in [0, 0.1) is 16.7 Å². The molecule has 1 atom stereocenters. The molecule has 1 heterocycles. The first-order chi connectivity index (χ1) is 3.43.